The molecule has 0 atom stereocenters. The standard InChI is InChI=1S/C24H20F3N3O3/c1-5-17-7-6-8-18(28-17)12-30-20-11-21(32-24(25,26)27)19(22-14(3)29-33-15(22)4)10-16(20)9-13(2)23(30)31/h5-11H,1,12H2,2-4H3. The number of aryl methyl sites for hydroxylation is 3. The SMILES string of the molecule is C=Cc1cccc(Cn2c(=O)c(C)cc3cc(-c4c(C)noc4C)c(OC(F)(F)F)cc32)n1. The van der Waals surface area contributed by atoms with Gasteiger partial charge >= 0.3 is 6.36 Å². The van der Waals surface area contributed by atoms with Gasteiger partial charge in [-0.25, -0.2) is 0 Å². The van der Waals surface area contributed by atoms with Crippen LogP contribution >= 0.6 is 0 Å². The number of halogens is 3. The fourth-order valence-electron chi connectivity index (χ4n) is 3.84. The minimum Gasteiger partial charge on any atom is -0.405 e. The van der Waals surface area contributed by atoms with Crippen LogP contribution in [0, 0.1) is 20.8 Å². The molecule has 1 aromatic carbocycles. The summed E-state index contributed by atoms with van der Waals surface area (Å²) in [7, 11) is 0. The van der Waals surface area contributed by atoms with Crippen molar-refractivity contribution in [3.63, 3.8) is 0 Å². The van der Waals surface area contributed by atoms with Crippen LogP contribution in [0.15, 0.2) is 52.3 Å². The molecule has 0 fully saturated rings. The van der Waals surface area contributed by atoms with Crippen molar-refractivity contribution in [3.05, 3.63) is 81.7 Å². The third-order valence-electron chi connectivity index (χ3n) is 5.26. The molecule has 4 aromatic rings. The first-order chi connectivity index (χ1) is 15.6. The monoisotopic (exact) mass is 455 g/mol. The molecule has 0 saturated heterocycles. The summed E-state index contributed by atoms with van der Waals surface area (Å²) in [6.07, 6.45) is -3.36. The summed E-state index contributed by atoms with van der Waals surface area (Å²) in [5.74, 6) is -0.0939. The Balaban J connectivity index is 1.99. The molecule has 0 amide bonds. The second-order valence-corrected chi connectivity index (χ2v) is 7.63. The third-order valence-corrected chi connectivity index (χ3v) is 5.26. The van der Waals surface area contributed by atoms with Gasteiger partial charge in [0.05, 0.1) is 34.7 Å². The molecule has 0 aliphatic rings. The number of benzene rings is 1. The second kappa shape index (κ2) is 8.23. The Morgan fingerprint density at radius 3 is 2.58 bits per heavy atom. The average Bonchev–Trinajstić information content (AvgIpc) is 3.08. The second-order valence-electron chi connectivity index (χ2n) is 7.63. The molecule has 170 valence electrons. The highest BCUT2D eigenvalue weighted by atomic mass is 19.4. The molecule has 6 nitrogen and oxygen atoms in total. The Morgan fingerprint density at radius 2 is 1.94 bits per heavy atom. The maximum Gasteiger partial charge on any atom is 0.573 e. The number of ether oxygens (including phenoxy) is 1. The normalized spacial score (nSPS) is 11.7. The molecule has 0 aliphatic heterocycles. The van der Waals surface area contributed by atoms with Crippen LogP contribution in [-0.4, -0.2) is 21.1 Å². The molecule has 0 bridgehead atoms. The zero-order valence-electron chi connectivity index (χ0n) is 18.2. The van der Waals surface area contributed by atoms with E-state index in [1.54, 1.807) is 57.2 Å². The maximum absolute atomic E-state index is 13.3. The summed E-state index contributed by atoms with van der Waals surface area (Å²) in [5, 5.41) is 4.41. The first-order valence-electron chi connectivity index (χ1n) is 10.0. The lowest BCUT2D eigenvalue weighted by Crippen LogP contribution is -2.24. The van der Waals surface area contributed by atoms with Gasteiger partial charge in [-0.2, -0.15) is 0 Å². The van der Waals surface area contributed by atoms with Gasteiger partial charge in [0.1, 0.15) is 11.5 Å². The summed E-state index contributed by atoms with van der Waals surface area (Å²) < 4.78 is 50.8. The van der Waals surface area contributed by atoms with Crippen LogP contribution in [0.25, 0.3) is 28.1 Å². The van der Waals surface area contributed by atoms with Crippen molar-refractivity contribution in [1.82, 2.24) is 14.7 Å². The van der Waals surface area contributed by atoms with E-state index >= 15 is 0 Å². The maximum atomic E-state index is 13.3. The Kier molecular flexibility index (Phi) is 5.57. The Morgan fingerprint density at radius 1 is 1.18 bits per heavy atom. The lowest BCUT2D eigenvalue weighted by molar-refractivity contribution is -0.274. The highest BCUT2D eigenvalue weighted by molar-refractivity contribution is 5.90. The highest BCUT2D eigenvalue weighted by Crippen LogP contribution is 2.40. The number of alkyl halides is 3. The van der Waals surface area contributed by atoms with Crippen LogP contribution in [0.4, 0.5) is 13.2 Å². The largest absolute Gasteiger partial charge is 0.573 e. The summed E-state index contributed by atoms with van der Waals surface area (Å²) >= 11 is 0. The molecular formula is C24H20F3N3O3. The first-order valence-corrected chi connectivity index (χ1v) is 10.0. The van der Waals surface area contributed by atoms with Gasteiger partial charge in [0.15, 0.2) is 0 Å². The van der Waals surface area contributed by atoms with Crippen LogP contribution in [0.3, 0.4) is 0 Å². The minimum absolute atomic E-state index is 0.0643. The van der Waals surface area contributed by atoms with Gasteiger partial charge < -0.3 is 13.8 Å². The van der Waals surface area contributed by atoms with E-state index in [1.807, 2.05) is 0 Å². The summed E-state index contributed by atoms with van der Waals surface area (Å²) in [6.45, 7) is 8.66. The van der Waals surface area contributed by atoms with Crippen LogP contribution in [0.2, 0.25) is 0 Å². The number of fused-ring (bicyclic) bond motifs is 1. The van der Waals surface area contributed by atoms with E-state index in [4.69, 9.17) is 4.52 Å². The zero-order valence-corrected chi connectivity index (χ0v) is 18.2. The fraction of sp³-hybridized carbons (Fsp3) is 0.208. The summed E-state index contributed by atoms with van der Waals surface area (Å²) in [6, 6.07) is 9.69. The molecule has 3 aromatic heterocycles. The van der Waals surface area contributed by atoms with Gasteiger partial charge in [-0.05, 0) is 56.5 Å². The topological polar surface area (TPSA) is 70.2 Å². The molecular weight excluding hydrogens is 435 g/mol. The predicted molar refractivity (Wildman–Crippen MR) is 118 cm³/mol. The molecule has 9 heteroatoms. The Hall–Kier alpha value is -3.88. The van der Waals surface area contributed by atoms with Crippen molar-refractivity contribution >= 4 is 17.0 Å². The quantitative estimate of drug-likeness (QED) is 0.394. The minimum atomic E-state index is -4.93. The summed E-state index contributed by atoms with van der Waals surface area (Å²) in [5.41, 5.74) is 2.58. The number of hydrogen-bond donors (Lipinski definition) is 0. The predicted octanol–water partition coefficient (Wildman–Crippen LogP) is 5.57. The van der Waals surface area contributed by atoms with Gasteiger partial charge in [0, 0.05) is 17.2 Å². The number of pyridine rings is 2. The van der Waals surface area contributed by atoms with Crippen molar-refractivity contribution in [1.29, 1.82) is 0 Å². The van der Waals surface area contributed by atoms with Crippen molar-refractivity contribution in [3.8, 4) is 16.9 Å². The fourth-order valence-corrected chi connectivity index (χ4v) is 3.84. The number of rotatable bonds is 5. The molecule has 3 heterocycles. The van der Waals surface area contributed by atoms with Crippen LogP contribution in [0.1, 0.15) is 28.4 Å². The van der Waals surface area contributed by atoms with Crippen LogP contribution < -0.4 is 10.3 Å². The van der Waals surface area contributed by atoms with Crippen molar-refractivity contribution in [2.45, 2.75) is 33.7 Å². The van der Waals surface area contributed by atoms with Crippen molar-refractivity contribution < 1.29 is 22.4 Å². The molecule has 33 heavy (non-hydrogen) atoms. The zero-order chi connectivity index (χ0) is 23.9. The lowest BCUT2D eigenvalue weighted by Gasteiger charge is -2.17. The van der Waals surface area contributed by atoms with E-state index in [1.165, 1.54) is 10.6 Å². The van der Waals surface area contributed by atoms with Gasteiger partial charge in [0.25, 0.3) is 5.56 Å². The van der Waals surface area contributed by atoms with Crippen molar-refractivity contribution in [2.75, 3.05) is 0 Å². The van der Waals surface area contributed by atoms with E-state index in [-0.39, 0.29) is 23.2 Å². The molecule has 0 aliphatic carbocycles. The van der Waals surface area contributed by atoms with Crippen LogP contribution in [0.5, 0.6) is 5.75 Å². The highest BCUT2D eigenvalue weighted by Gasteiger charge is 2.33. The van der Waals surface area contributed by atoms with Gasteiger partial charge in [-0.15, -0.1) is 13.2 Å². The van der Waals surface area contributed by atoms with E-state index in [0.29, 0.717) is 39.4 Å². The molecule has 0 unspecified atom stereocenters. The van der Waals surface area contributed by atoms with Gasteiger partial charge in [-0.1, -0.05) is 17.8 Å². The van der Waals surface area contributed by atoms with Gasteiger partial charge in [-0.3, -0.25) is 9.78 Å². The van der Waals surface area contributed by atoms with Crippen molar-refractivity contribution in [2.24, 2.45) is 0 Å². The molecule has 0 spiro atoms. The van der Waals surface area contributed by atoms with E-state index in [9.17, 15) is 18.0 Å². The number of nitrogens with zero attached hydrogens (tertiary/aromatic N) is 3. The average molecular weight is 455 g/mol. The Labute approximate surface area is 186 Å². The van der Waals surface area contributed by atoms with E-state index in [2.05, 4.69) is 21.5 Å². The van der Waals surface area contributed by atoms with Gasteiger partial charge in [0.2, 0.25) is 0 Å². The third kappa shape index (κ3) is 4.39. The number of aromatic nitrogens is 3. The van der Waals surface area contributed by atoms with Crippen LogP contribution in [-0.2, 0) is 6.54 Å². The van der Waals surface area contributed by atoms with E-state index in [0.717, 1.165) is 0 Å². The molecule has 0 saturated carbocycles. The molecule has 0 N–H and O–H groups in total. The molecule has 4 rings (SSSR count). The first kappa shape index (κ1) is 22.3. The smallest absolute Gasteiger partial charge is 0.405 e. The molecule has 0 radical (unpaired) electrons. The van der Waals surface area contributed by atoms with E-state index < -0.39 is 12.1 Å². The Bertz CT molecular complexity index is 1420. The number of hydrogen-bond acceptors (Lipinski definition) is 5. The summed E-state index contributed by atoms with van der Waals surface area (Å²) in [4.78, 5) is 17.4. The lowest BCUT2D eigenvalue weighted by atomic mass is 9.99.